The van der Waals surface area contributed by atoms with Crippen LogP contribution in [0.3, 0.4) is 0 Å². The van der Waals surface area contributed by atoms with E-state index in [1.54, 1.807) is 6.07 Å². The summed E-state index contributed by atoms with van der Waals surface area (Å²) in [6.07, 6.45) is 0. The lowest BCUT2D eigenvalue weighted by Gasteiger charge is -2.17. The lowest BCUT2D eigenvalue weighted by molar-refractivity contribution is 0.459. The maximum atomic E-state index is 13.0. The summed E-state index contributed by atoms with van der Waals surface area (Å²) in [4.78, 5) is 0. The minimum atomic E-state index is -0.431. The number of rotatable bonds is 3. The lowest BCUT2D eigenvalue weighted by Crippen LogP contribution is -2.07. The van der Waals surface area contributed by atoms with E-state index in [0.717, 1.165) is 11.8 Å². The number of aromatic hydroxyl groups is 1. The molecule has 2 rings (SSSR count). The number of nitrogens with one attached hydrogen (secondary N) is 1. The van der Waals surface area contributed by atoms with Crippen LogP contribution in [0.5, 0.6) is 5.75 Å². The van der Waals surface area contributed by atoms with Crippen LogP contribution in [-0.4, -0.2) is 5.11 Å². The number of phenolic OH excluding ortho intramolecular Hbond substituents is 1. The fourth-order valence-corrected chi connectivity index (χ4v) is 2.04. The molecule has 3 heteroatoms. The van der Waals surface area contributed by atoms with E-state index in [2.05, 4.69) is 31.3 Å². The second-order valence-electron chi connectivity index (χ2n) is 4.87. The van der Waals surface area contributed by atoms with Crippen molar-refractivity contribution in [3.8, 4) is 5.75 Å². The van der Waals surface area contributed by atoms with E-state index in [9.17, 15) is 9.50 Å². The van der Waals surface area contributed by atoms with Crippen molar-refractivity contribution in [3.63, 3.8) is 0 Å². The topological polar surface area (TPSA) is 32.3 Å². The minimum absolute atomic E-state index is 0.0242. The molecule has 2 aromatic carbocycles. The molecule has 0 saturated carbocycles. The molecule has 1 atom stereocenters. The van der Waals surface area contributed by atoms with Gasteiger partial charge in [0.15, 0.2) is 0 Å². The molecule has 0 heterocycles. The van der Waals surface area contributed by atoms with E-state index in [1.165, 1.54) is 17.2 Å². The Bertz CT molecular complexity index is 595. The SMILES string of the molecule is Cc1ccc(NC(C)c2ccc(F)cc2O)cc1C. The Morgan fingerprint density at radius 1 is 1.05 bits per heavy atom. The standard InChI is InChI=1S/C16H18FNO/c1-10-4-6-14(8-11(10)2)18-12(3)15-7-5-13(17)9-16(15)19/h4-9,12,18-19H,1-3H3. The van der Waals surface area contributed by atoms with Crippen molar-refractivity contribution >= 4 is 5.69 Å². The van der Waals surface area contributed by atoms with E-state index in [0.29, 0.717) is 5.56 Å². The molecule has 0 saturated heterocycles. The highest BCUT2D eigenvalue weighted by atomic mass is 19.1. The summed E-state index contributed by atoms with van der Waals surface area (Å²) in [5.41, 5.74) is 4.11. The molecule has 0 radical (unpaired) electrons. The van der Waals surface area contributed by atoms with Crippen LogP contribution in [0.25, 0.3) is 0 Å². The third-order valence-corrected chi connectivity index (χ3v) is 3.35. The Morgan fingerprint density at radius 3 is 2.42 bits per heavy atom. The predicted molar refractivity (Wildman–Crippen MR) is 76.0 cm³/mol. The Kier molecular flexibility index (Phi) is 3.74. The van der Waals surface area contributed by atoms with Crippen LogP contribution in [0.2, 0.25) is 0 Å². The maximum Gasteiger partial charge on any atom is 0.126 e. The highest BCUT2D eigenvalue weighted by molar-refractivity contribution is 5.50. The van der Waals surface area contributed by atoms with Gasteiger partial charge in [-0.1, -0.05) is 12.1 Å². The number of phenols is 1. The van der Waals surface area contributed by atoms with Crippen LogP contribution in [0.1, 0.15) is 29.7 Å². The highest BCUT2D eigenvalue weighted by Gasteiger charge is 2.11. The summed E-state index contributed by atoms with van der Waals surface area (Å²) < 4.78 is 13.0. The molecule has 100 valence electrons. The zero-order chi connectivity index (χ0) is 14.0. The molecule has 0 fully saturated rings. The molecular weight excluding hydrogens is 241 g/mol. The molecule has 0 aliphatic heterocycles. The van der Waals surface area contributed by atoms with Crippen LogP contribution >= 0.6 is 0 Å². The van der Waals surface area contributed by atoms with Crippen molar-refractivity contribution in [2.24, 2.45) is 0 Å². The molecule has 19 heavy (non-hydrogen) atoms. The Morgan fingerprint density at radius 2 is 1.79 bits per heavy atom. The number of aryl methyl sites for hydroxylation is 2. The third-order valence-electron chi connectivity index (χ3n) is 3.35. The van der Waals surface area contributed by atoms with E-state index < -0.39 is 5.82 Å². The molecule has 2 nitrogen and oxygen atoms in total. The normalized spacial score (nSPS) is 12.2. The molecule has 0 aromatic heterocycles. The van der Waals surface area contributed by atoms with Gasteiger partial charge in [0, 0.05) is 17.3 Å². The minimum Gasteiger partial charge on any atom is -0.507 e. The zero-order valence-corrected chi connectivity index (χ0v) is 11.4. The van der Waals surface area contributed by atoms with Crippen molar-refractivity contribution < 1.29 is 9.50 Å². The van der Waals surface area contributed by atoms with Crippen molar-refractivity contribution in [1.82, 2.24) is 0 Å². The molecule has 0 bridgehead atoms. The highest BCUT2D eigenvalue weighted by Crippen LogP contribution is 2.28. The molecule has 1 unspecified atom stereocenters. The van der Waals surface area contributed by atoms with Gasteiger partial charge in [0.25, 0.3) is 0 Å². The first-order chi connectivity index (χ1) is 8.97. The van der Waals surface area contributed by atoms with E-state index in [4.69, 9.17) is 0 Å². The summed E-state index contributed by atoms with van der Waals surface area (Å²) in [7, 11) is 0. The van der Waals surface area contributed by atoms with Gasteiger partial charge in [0.2, 0.25) is 0 Å². The first-order valence-electron chi connectivity index (χ1n) is 6.29. The van der Waals surface area contributed by atoms with Crippen LogP contribution in [-0.2, 0) is 0 Å². The zero-order valence-electron chi connectivity index (χ0n) is 11.4. The molecule has 0 aliphatic carbocycles. The fraction of sp³-hybridized carbons (Fsp3) is 0.250. The van der Waals surface area contributed by atoms with Gasteiger partial charge in [-0.25, -0.2) is 4.39 Å². The van der Waals surface area contributed by atoms with Gasteiger partial charge >= 0.3 is 0 Å². The average Bonchev–Trinajstić information content (AvgIpc) is 2.33. The first kappa shape index (κ1) is 13.4. The molecule has 0 amide bonds. The van der Waals surface area contributed by atoms with Gasteiger partial charge < -0.3 is 10.4 Å². The van der Waals surface area contributed by atoms with Gasteiger partial charge in [-0.05, 0) is 50.1 Å². The largest absolute Gasteiger partial charge is 0.507 e. The van der Waals surface area contributed by atoms with Crippen LogP contribution in [0.4, 0.5) is 10.1 Å². The van der Waals surface area contributed by atoms with E-state index in [-0.39, 0.29) is 11.8 Å². The summed E-state index contributed by atoms with van der Waals surface area (Å²) in [5, 5.41) is 13.1. The molecule has 2 N–H and O–H groups in total. The molecule has 0 spiro atoms. The van der Waals surface area contributed by atoms with Crippen LogP contribution < -0.4 is 5.32 Å². The summed E-state index contributed by atoms with van der Waals surface area (Å²) in [6.45, 7) is 6.05. The van der Waals surface area contributed by atoms with Gasteiger partial charge in [0.05, 0.1) is 6.04 Å². The smallest absolute Gasteiger partial charge is 0.126 e. The Labute approximate surface area is 112 Å². The summed E-state index contributed by atoms with van der Waals surface area (Å²) in [6, 6.07) is 10.1. The fourth-order valence-electron chi connectivity index (χ4n) is 2.04. The Hall–Kier alpha value is -2.03. The quantitative estimate of drug-likeness (QED) is 0.860. The molecular formula is C16H18FNO. The van der Waals surface area contributed by atoms with Gasteiger partial charge in [-0.3, -0.25) is 0 Å². The van der Waals surface area contributed by atoms with Crippen LogP contribution in [0.15, 0.2) is 36.4 Å². The number of hydrogen-bond donors (Lipinski definition) is 2. The van der Waals surface area contributed by atoms with E-state index >= 15 is 0 Å². The van der Waals surface area contributed by atoms with Gasteiger partial charge in [-0.15, -0.1) is 0 Å². The van der Waals surface area contributed by atoms with E-state index in [1.807, 2.05) is 13.0 Å². The van der Waals surface area contributed by atoms with Crippen LogP contribution in [0, 0.1) is 19.7 Å². The molecule has 0 aliphatic rings. The second kappa shape index (κ2) is 5.31. The second-order valence-corrected chi connectivity index (χ2v) is 4.87. The van der Waals surface area contributed by atoms with Crippen molar-refractivity contribution in [2.75, 3.05) is 5.32 Å². The van der Waals surface area contributed by atoms with Gasteiger partial charge in [-0.2, -0.15) is 0 Å². The third kappa shape index (κ3) is 3.05. The monoisotopic (exact) mass is 259 g/mol. The van der Waals surface area contributed by atoms with Gasteiger partial charge in [0.1, 0.15) is 11.6 Å². The molecule has 2 aromatic rings. The number of anilines is 1. The van der Waals surface area contributed by atoms with Crippen molar-refractivity contribution in [2.45, 2.75) is 26.8 Å². The Balaban J connectivity index is 2.20. The summed E-state index contributed by atoms with van der Waals surface area (Å²) in [5.74, 6) is -0.455. The predicted octanol–water partition coefficient (Wildman–Crippen LogP) is 4.32. The maximum absolute atomic E-state index is 13.0. The van der Waals surface area contributed by atoms with Crippen molar-refractivity contribution in [1.29, 1.82) is 0 Å². The number of benzene rings is 2. The summed E-state index contributed by atoms with van der Waals surface area (Å²) >= 11 is 0. The average molecular weight is 259 g/mol. The number of hydrogen-bond acceptors (Lipinski definition) is 2. The lowest BCUT2D eigenvalue weighted by atomic mass is 10.1. The number of halogens is 1. The van der Waals surface area contributed by atoms with Crippen molar-refractivity contribution in [3.05, 3.63) is 58.9 Å². The first-order valence-corrected chi connectivity index (χ1v) is 6.29.